The molecule has 0 N–H and O–H groups in total. The second-order valence-corrected chi connectivity index (χ2v) is 9.01. The second kappa shape index (κ2) is 11.7. The van der Waals surface area contributed by atoms with Gasteiger partial charge in [-0.05, 0) is 51.1 Å². The van der Waals surface area contributed by atoms with Crippen molar-refractivity contribution in [3.05, 3.63) is 54.1 Å². The van der Waals surface area contributed by atoms with Crippen molar-refractivity contribution in [1.82, 2.24) is 4.90 Å². The Morgan fingerprint density at radius 1 is 1.00 bits per heavy atom. The number of hydrogen-bond donors (Lipinski definition) is 0. The maximum absolute atomic E-state index is 12.6. The Hall–Kier alpha value is -3.26. The van der Waals surface area contributed by atoms with E-state index >= 15 is 0 Å². The van der Waals surface area contributed by atoms with Gasteiger partial charge < -0.3 is 23.8 Å². The first-order valence-corrected chi connectivity index (χ1v) is 11.5. The molecule has 8 heteroatoms. The molecule has 0 unspecified atom stereocenters. The molecule has 2 aromatic rings. The lowest BCUT2D eigenvalue weighted by Crippen LogP contribution is -2.53. The van der Waals surface area contributed by atoms with E-state index in [2.05, 4.69) is 0 Å². The molecule has 1 aliphatic heterocycles. The number of nitrogens with zero attached hydrogens (tertiary/aromatic N) is 2. The van der Waals surface area contributed by atoms with Gasteiger partial charge in [-0.1, -0.05) is 18.2 Å². The molecule has 0 saturated carbocycles. The molecule has 1 aliphatic rings. The average Bonchev–Trinajstić information content (AvgIpc) is 2.81. The van der Waals surface area contributed by atoms with Gasteiger partial charge in [0.2, 0.25) is 5.91 Å². The highest BCUT2D eigenvalue weighted by molar-refractivity contribution is 5.97. The lowest BCUT2D eigenvalue weighted by atomic mass is 10.2. The quantitative estimate of drug-likeness (QED) is 0.510. The largest absolute Gasteiger partial charge is 0.496 e. The van der Waals surface area contributed by atoms with Crippen molar-refractivity contribution in [3.63, 3.8) is 0 Å². The molecule has 0 atom stereocenters. The number of benzene rings is 2. The van der Waals surface area contributed by atoms with Crippen LogP contribution in [0.15, 0.2) is 48.5 Å². The van der Waals surface area contributed by atoms with Crippen LogP contribution in [0.1, 0.15) is 32.8 Å². The standard InChI is InChI=1S/C26H34N2O6/c1-26(2,3)34-25(30)27-14-15-28(24(29)18-27)21-10-12-22(13-11-21)33-17-7-16-32-19-20-8-5-6-9-23(20)31-4/h5-6,8-13H,7,14-19H2,1-4H3. The van der Waals surface area contributed by atoms with Crippen molar-refractivity contribution in [2.24, 2.45) is 0 Å². The number of carbonyl (C=O) groups excluding carboxylic acids is 2. The zero-order valence-corrected chi connectivity index (χ0v) is 20.4. The molecule has 0 aliphatic carbocycles. The molecule has 184 valence electrons. The predicted octanol–water partition coefficient (Wildman–Crippen LogP) is 4.26. The first-order chi connectivity index (χ1) is 16.3. The number of amides is 2. The fourth-order valence-corrected chi connectivity index (χ4v) is 3.51. The van der Waals surface area contributed by atoms with E-state index in [1.807, 2.05) is 69.3 Å². The van der Waals surface area contributed by atoms with Gasteiger partial charge in [0.1, 0.15) is 23.6 Å². The Kier molecular flexibility index (Phi) is 8.76. The van der Waals surface area contributed by atoms with Crippen molar-refractivity contribution < 1.29 is 28.5 Å². The third-order valence-electron chi connectivity index (χ3n) is 5.17. The fraction of sp³-hybridized carbons (Fsp3) is 0.462. The molecule has 0 bridgehead atoms. The lowest BCUT2D eigenvalue weighted by Gasteiger charge is -2.35. The molecule has 34 heavy (non-hydrogen) atoms. The summed E-state index contributed by atoms with van der Waals surface area (Å²) >= 11 is 0. The SMILES string of the molecule is COc1ccccc1COCCCOc1ccc(N2CCN(C(=O)OC(C)(C)C)CC2=O)cc1. The first-order valence-electron chi connectivity index (χ1n) is 11.5. The maximum atomic E-state index is 12.6. The van der Waals surface area contributed by atoms with Crippen LogP contribution in [0, 0.1) is 0 Å². The van der Waals surface area contributed by atoms with E-state index in [0.717, 1.165) is 29.2 Å². The summed E-state index contributed by atoms with van der Waals surface area (Å²) in [7, 11) is 1.65. The number of carbonyl (C=O) groups is 2. The topological polar surface area (TPSA) is 77.5 Å². The van der Waals surface area contributed by atoms with Crippen molar-refractivity contribution in [2.45, 2.75) is 39.4 Å². The molecule has 2 amide bonds. The number of piperazine rings is 1. The van der Waals surface area contributed by atoms with Gasteiger partial charge in [-0.3, -0.25) is 9.69 Å². The third-order valence-corrected chi connectivity index (χ3v) is 5.17. The van der Waals surface area contributed by atoms with Gasteiger partial charge in [-0.2, -0.15) is 0 Å². The summed E-state index contributed by atoms with van der Waals surface area (Å²) in [5, 5.41) is 0. The number of rotatable bonds is 9. The lowest BCUT2D eigenvalue weighted by molar-refractivity contribution is -0.121. The summed E-state index contributed by atoms with van der Waals surface area (Å²) in [6, 6.07) is 15.2. The highest BCUT2D eigenvalue weighted by Crippen LogP contribution is 2.22. The van der Waals surface area contributed by atoms with Crippen molar-refractivity contribution in [1.29, 1.82) is 0 Å². The van der Waals surface area contributed by atoms with Crippen LogP contribution in [0.4, 0.5) is 10.5 Å². The molecule has 1 fully saturated rings. The van der Waals surface area contributed by atoms with Crippen LogP contribution in [-0.2, 0) is 20.9 Å². The van der Waals surface area contributed by atoms with Crippen LogP contribution in [0.2, 0.25) is 0 Å². The molecule has 1 heterocycles. The summed E-state index contributed by atoms with van der Waals surface area (Å²) in [4.78, 5) is 27.9. The zero-order chi connectivity index (χ0) is 24.6. The number of para-hydroxylation sites is 1. The zero-order valence-electron chi connectivity index (χ0n) is 20.4. The van der Waals surface area contributed by atoms with E-state index in [4.69, 9.17) is 18.9 Å². The van der Waals surface area contributed by atoms with Gasteiger partial charge in [-0.25, -0.2) is 4.79 Å². The van der Waals surface area contributed by atoms with E-state index in [1.165, 1.54) is 4.90 Å². The third kappa shape index (κ3) is 7.38. The molecule has 2 aromatic carbocycles. The van der Waals surface area contributed by atoms with Crippen LogP contribution in [0.3, 0.4) is 0 Å². The molecule has 0 spiro atoms. The summed E-state index contributed by atoms with van der Waals surface area (Å²) in [5.74, 6) is 1.41. The molecule has 0 aromatic heterocycles. The minimum absolute atomic E-state index is 0.00200. The van der Waals surface area contributed by atoms with E-state index in [0.29, 0.717) is 32.9 Å². The fourth-order valence-electron chi connectivity index (χ4n) is 3.51. The Bertz CT molecular complexity index is 955. The average molecular weight is 471 g/mol. The van der Waals surface area contributed by atoms with E-state index in [9.17, 15) is 9.59 Å². The second-order valence-electron chi connectivity index (χ2n) is 9.01. The van der Waals surface area contributed by atoms with E-state index in [1.54, 1.807) is 12.0 Å². The molecule has 8 nitrogen and oxygen atoms in total. The highest BCUT2D eigenvalue weighted by Gasteiger charge is 2.30. The predicted molar refractivity (Wildman–Crippen MR) is 129 cm³/mol. The van der Waals surface area contributed by atoms with E-state index < -0.39 is 11.7 Å². The summed E-state index contributed by atoms with van der Waals surface area (Å²) in [6.07, 6.45) is 0.290. The Morgan fingerprint density at radius 2 is 1.74 bits per heavy atom. The van der Waals surface area contributed by atoms with Crippen LogP contribution < -0.4 is 14.4 Å². The van der Waals surface area contributed by atoms with Crippen LogP contribution in [0.5, 0.6) is 11.5 Å². The van der Waals surface area contributed by atoms with Crippen LogP contribution >= 0.6 is 0 Å². The summed E-state index contributed by atoms with van der Waals surface area (Å²) < 4.78 is 22.2. The summed E-state index contributed by atoms with van der Waals surface area (Å²) in [6.45, 7) is 7.86. The normalized spacial score (nSPS) is 14.2. The van der Waals surface area contributed by atoms with Crippen molar-refractivity contribution in [3.8, 4) is 11.5 Å². The Morgan fingerprint density at radius 3 is 2.41 bits per heavy atom. The minimum atomic E-state index is -0.589. The van der Waals surface area contributed by atoms with Gasteiger partial charge in [0.05, 0.1) is 26.9 Å². The Labute approximate surface area is 201 Å². The molecular formula is C26H34N2O6. The van der Waals surface area contributed by atoms with Crippen LogP contribution in [-0.4, -0.2) is 62.5 Å². The Balaban J connectivity index is 1.39. The van der Waals surface area contributed by atoms with Gasteiger partial charge in [0.15, 0.2) is 0 Å². The van der Waals surface area contributed by atoms with Gasteiger partial charge in [-0.15, -0.1) is 0 Å². The minimum Gasteiger partial charge on any atom is -0.496 e. The number of anilines is 1. The maximum Gasteiger partial charge on any atom is 0.410 e. The first kappa shape index (κ1) is 25.4. The number of hydrogen-bond acceptors (Lipinski definition) is 6. The van der Waals surface area contributed by atoms with Gasteiger partial charge in [0.25, 0.3) is 0 Å². The van der Waals surface area contributed by atoms with Crippen molar-refractivity contribution >= 4 is 17.7 Å². The molecule has 0 radical (unpaired) electrons. The van der Waals surface area contributed by atoms with E-state index in [-0.39, 0.29) is 12.5 Å². The number of ether oxygens (including phenoxy) is 4. The van der Waals surface area contributed by atoms with Crippen LogP contribution in [0.25, 0.3) is 0 Å². The van der Waals surface area contributed by atoms with Gasteiger partial charge in [0, 0.05) is 30.8 Å². The number of methoxy groups -OCH3 is 1. The van der Waals surface area contributed by atoms with Crippen molar-refractivity contribution in [2.75, 3.05) is 44.9 Å². The summed E-state index contributed by atoms with van der Waals surface area (Å²) in [5.41, 5.74) is 1.21. The monoisotopic (exact) mass is 470 g/mol. The smallest absolute Gasteiger partial charge is 0.410 e. The molecule has 1 saturated heterocycles. The highest BCUT2D eigenvalue weighted by atomic mass is 16.6. The molecular weight excluding hydrogens is 436 g/mol. The molecule has 3 rings (SSSR count). The van der Waals surface area contributed by atoms with Gasteiger partial charge >= 0.3 is 6.09 Å².